The Morgan fingerprint density at radius 2 is 0.613 bits per heavy atom. The van der Waals surface area contributed by atoms with E-state index in [1.165, 1.54) is 25.7 Å². The van der Waals surface area contributed by atoms with Gasteiger partial charge in [-0.05, 0) is 50.3 Å². The average molecular weight is 532 g/mol. The van der Waals surface area contributed by atoms with Crippen LogP contribution in [-0.4, -0.2) is 24.6 Å². The molecule has 184 valence electrons. The quantitative estimate of drug-likeness (QED) is 0.0921. The van der Waals surface area contributed by atoms with Crippen LogP contribution in [0.5, 0.6) is 0 Å². The number of hydrogen-bond acceptors (Lipinski definition) is 4. The van der Waals surface area contributed by atoms with E-state index in [2.05, 4.69) is 27.7 Å². The first-order valence-electron chi connectivity index (χ1n) is 12.8. The van der Waals surface area contributed by atoms with E-state index in [1.54, 1.807) is 0 Å². The Morgan fingerprint density at radius 1 is 0.419 bits per heavy atom. The third-order valence-electron chi connectivity index (χ3n) is 5.41. The van der Waals surface area contributed by atoms with Crippen LogP contribution in [0.4, 0.5) is 0 Å². The Kier molecular flexibility index (Phi) is 30.2. The van der Waals surface area contributed by atoms with Gasteiger partial charge in [0.15, 0.2) is 0 Å². The average Bonchev–Trinajstić information content (AvgIpc) is 2.70. The summed E-state index contributed by atoms with van der Waals surface area (Å²) >= 11 is 0. The molecule has 0 aliphatic carbocycles. The topological polar surface area (TPSA) is 80.3 Å². The second kappa shape index (κ2) is 25.6. The minimum Gasteiger partial charge on any atom is -0.799 e. The second-order valence-electron chi connectivity index (χ2n) is 8.77. The van der Waals surface area contributed by atoms with Crippen LogP contribution < -0.4 is 9.79 Å². The molecule has 0 heterocycles. The third kappa shape index (κ3) is 31.0. The van der Waals surface area contributed by atoms with Crippen LogP contribution in [0.25, 0.3) is 0 Å². The van der Waals surface area contributed by atoms with Gasteiger partial charge in [0.1, 0.15) is 0 Å². The van der Waals surface area contributed by atoms with E-state index in [0.717, 1.165) is 77.0 Å². The Balaban J connectivity index is -0.000000490. The van der Waals surface area contributed by atoms with E-state index in [9.17, 15) is 18.9 Å². The van der Waals surface area contributed by atoms with Crippen molar-refractivity contribution in [1.82, 2.24) is 0 Å². The van der Waals surface area contributed by atoms with Gasteiger partial charge in [-0.3, -0.25) is 0 Å². The Bertz CT molecular complexity index is 375. The van der Waals surface area contributed by atoms with Gasteiger partial charge in [-0.2, -0.15) is 0 Å². The van der Waals surface area contributed by atoms with Crippen molar-refractivity contribution in [2.75, 3.05) is 24.6 Å². The molecule has 0 atom stereocenters. The summed E-state index contributed by atoms with van der Waals surface area (Å²) in [6, 6.07) is 0. The van der Waals surface area contributed by atoms with Crippen LogP contribution in [0.1, 0.15) is 130 Å². The molecule has 0 fully saturated rings. The zero-order valence-corrected chi connectivity index (χ0v) is 26.1. The van der Waals surface area contributed by atoms with Crippen molar-refractivity contribution in [1.29, 1.82) is 0 Å². The summed E-state index contributed by atoms with van der Waals surface area (Å²) < 4.78 is 23.2. The predicted octanol–water partition coefficient (Wildman–Crippen LogP) is 7.57. The summed E-state index contributed by atoms with van der Waals surface area (Å²) in [6.45, 7) is 8.56. The van der Waals surface area contributed by atoms with Gasteiger partial charge in [0.25, 0.3) is 0 Å². The molecule has 0 aromatic rings. The van der Waals surface area contributed by atoms with Crippen LogP contribution in [0.2, 0.25) is 0 Å². The largest absolute Gasteiger partial charge is 2.00 e. The van der Waals surface area contributed by atoms with Crippen molar-refractivity contribution >= 4 is 14.7 Å². The van der Waals surface area contributed by atoms with E-state index >= 15 is 0 Å². The predicted molar refractivity (Wildman–Crippen MR) is 131 cm³/mol. The first-order chi connectivity index (χ1) is 14.2. The fraction of sp³-hybridized carbons (Fsp3) is 1.00. The van der Waals surface area contributed by atoms with Gasteiger partial charge >= 0.3 is 19.5 Å². The fourth-order valence-electron chi connectivity index (χ4n) is 3.34. The second-order valence-corrected chi connectivity index (χ2v) is 13.8. The van der Waals surface area contributed by atoms with E-state index in [4.69, 9.17) is 0 Å². The Morgan fingerprint density at radius 3 is 0.774 bits per heavy atom. The monoisotopic (exact) mass is 530 g/mol. The van der Waals surface area contributed by atoms with E-state index in [0.29, 0.717) is 24.6 Å². The van der Waals surface area contributed by atoms with Gasteiger partial charge in [0.05, 0.1) is 0 Å². The maximum Gasteiger partial charge on any atom is 2.00 e. The van der Waals surface area contributed by atoms with Gasteiger partial charge in [0.2, 0.25) is 0 Å². The van der Waals surface area contributed by atoms with Gasteiger partial charge in [-0.1, -0.05) is 105 Å². The molecule has 4 nitrogen and oxygen atoms in total. The summed E-state index contributed by atoms with van der Waals surface area (Å²) in [6.07, 6.45) is 18.8. The molecular weight excluding hydrogens is 480 g/mol. The van der Waals surface area contributed by atoms with E-state index < -0.39 is 14.7 Å². The molecule has 0 bridgehead atoms. The van der Waals surface area contributed by atoms with E-state index in [-0.39, 0.29) is 19.5 Å². The standard InChI is InChI=1S/2C12H27O2P.Zn/c2*1-3-5-7-9-11-15(13,14)12-10-8-6-4-2;/h2*3-12H2,1-2H3,(H,13,14);/q;;+2/p-2. The zero-order chi connectivity index (χ0) is 23.1. The molecule has 0 aliphatic heterocycles. The summed E-state index contributed by atoms with van der Waals surface area (Å²) in [5, 5.41) is 0. The number of rotatable bonds is 20. The molecule has 0 saturated heterocycles. The maximum absolute atomic E-state index is 11.6. The molecule has 0 rings (SSSR count). The molecule has 0 spiro atoms. The Labute approximate surface area is 207 Å². The molecule has 0 aromatic heterocycles. The zero-order valence-electron chi connectivity index (χ0n) is 21.4. The molecule has 0 saturated carbocycles. The molecule has 0 aromatic carbocycles. The van der Waals surface area contributed by atoms with Crippen molar-refractivity contribution in [3.8, 4) is 0 Å². The minimum absolute atomic E-state index is 0. The molecule has 0 N–H and O–H groups in total. The molecule has 0 aliphatic rings. The van der Waals surface area contributed by atoms with Crippen LogP contribution in [-0.2, 0) is 28.6 Å². The van der Waals surface area contributed by atoms with Crippen molar-refractivity contribution in [2.45, 2.75) is 130 Å². The van der Waals surface area contributed by atoms with Crippen molar-refractivity contribution in [3.63, 3.8) is 0 Å². The Hall–Kier alpha value is 1.00. The molecule has 31 heavy (non-hydrogen) atoms. The summed E-state index contributed by atoms with van der Waals surface area (Å²) in [7, 11) is -6.05. The molecule has 7 heteroatoms. The van der Waals surface area contributed by atoms with Crippen molar-refractivity contribution in [2.24, 2.45) is 0 Å². The van der Waals surface area contributed by atoms with Crippen molar-refractivity contribution < 1.29 is 38.4 Å². The van der Waals surface area contributed by atoms with Gasteiger partial charge in [0, 0.05) is 14.7 Å². The van der Waals surface area contributed by atoms with Crippen LogP contribution in [0, 0.1) is 0 Å². The van der Waals surface area contributed by atoms with Gasteiger partial charge < -0.3 is 18.9 Å². The first kappa shape index (κ1) is 36.6. The number of hydrogen-bond donors (Lipinski definition) is 0. The van der Waals surface area contributed by atoms with Gasteiger partial charge in [-0.15, -0.1) is 0 Å². The fourth-order valence-corrected chi connectivity index (χ4v) is 6.61. The first-order valence-corrected chi connectivity index (χ1v) is 16.8. The molecule has 0 amide bonds. The third-order valence-corrected chi connectivity index (χ3v) is 9.40. The van der Waals surface area contributed by atoms with Gasteiger partial charge in [-0.25, -0.2) is 0 Å². The summed E-state index contributed by atoms with van der Waals surface area (Å²) in [5.41, 5.74) is 0. The SMILES string of the molecule is CCCCCCP(=O)([O-])CCCCCC.CCCCCCP(=O)([O-])CCCCCC.[Zn+2]. The van der Waals surface area contributed by atoms with E-state index in [1.807, 2.05) is 0 Å². The van der Waals surface area contributed by atoms with Crippen LogP contribution in [0.3, 0.4) is 0 Å². The molecule has 0 unspecified atom stereocenters. The minimum atomic E-state index is -3.02. The van der Waals surface area contributed by atoms with Crippen LogP contribution in [0.15, 0.2) is 0 Å². The normalized spacial score (nSPS) is 11.5. The molecular formula is C24H52O4P2Zn. The van der Waals surface area contributed by atoms with Crippen LogP contribution >= 0.6 is 14.7 Å². The summed E-state index contributed by atoms with van der Waals surface area (Å²) in [5.74, 6) is 0. The molecule has 0 radical (unpaired) electrons. The number of unbranched alkanes of at least 4 members (excludes halogenated alkanes) is 12. The summed E-state index contributed by atoms with van der Waals surface area (Å²) in [4.78, 5) is 23.2. The van der Waals surface area contributed by atoms with Crippen molar-refractivity contribution in [3.05, 3.63) is 0 Å². The maximum atomic E-state index is 11.6. The smallest absolute Gasteiger partial charge is 0.799 e.